The molecule has 1 aromatic rings. The van der Waals surface area contributed by atoms with Crippen LogP contribution in [0.4, 0.5) is 5.00 Å². The first-order valence-electron chi connectivity index (χ1n) is 7.28. The second kappa shape index (κ2) is 7.16. The molecule has 146 valence electrons. The Morgan fingerprint density at radius 3 is 2.81 bits per heavy atom. The van der Waals surface area contributed by atoms with E-state index in [-0.39, 0.29) is 27.9 Å². The van der Waals surface area contributed by atoms with Crippen molar-refractivity contribution in [2.45, 2.75) is 23.2 Å². The van der Waals surface area contributed by atoms with Crippen LogP contribution in [0.25, 0.3) is 0 Å². The van der Waals surface area contributed by atoms with Gasteiger partial charge in [-0.2, -0.15) is 8.42 Å². The van der Waals surface area contributed by atoms with Crippen molar-refractivity contribution < 1.29 is 36.8 Å². The molecular weight excluding hydrogens is 426 g/mol. The summed E-state index contributed by atoms with van der Waals surface area (Å²) in [6.07, 6.45) is 1.26. The number of aromatic nitrogens is 1. The van der Waals surface area contributed by atoms with E-state index in [2.05, 4.69) is 9.17 Å². The molecule has 15 heteroatoms. The lowest BCUT2D eigenvalue weighted by Crippen LogP contribution is -2.58. The zero-order valence-corrected chi connectivity index (χ0v) is 15.6. The highest BCUT2D eigenvalue weighted by molar-refractivity contribution is 8.04. The van der Waals surface area contributed by atoms with Gasteiger partial charge in [0.25, 0.3) is 0 Å². The smallest absolute Gasteiger partial charge is 0.397 e. The van der Waals surface area contributed by atoms with Crippen LogP contribution in [0, 0.1) is 16.0 Å². The largest absolute Gasteiger partial charge is 0.477 e. The third-order valence-corrected chi connectivity index (χ3v) is 6.57. The molecule has 27 heavy (non-hydrogen) atoms. The summed E-state index contributed by atoms with van der Waals surface area (Å²) in [4.78, 5) is 39.3. The Kier molecular flexibility index (Phi) is 5.22. The number of aliphatic carboxylic acids is 1. The van der Waals surface area contributed by atoms with Crippen LogP contribution in [0.5, 0.6) is 0 Å². The van der Waals surface area contributed by atoms with Gasteiger partial charge in [0.1, 0.15) is 11.9 Å². The third-order valence-electron chi connectivity index (χ3n) is 3.98. The van der Waals surface area contributed by atoms with E-state index < -0.39 is 45.8 Å². The van der Waals surface area contributed by atoms with Crippen LogP contribution >= 0.6 is 23.1 Å². The highest BCUT2D eigenvalue weighted by Crippen LogP contribution is 2.49. The van der Waals surface area contributed by atoms with Crippen molar-refractivity contribution >= 4 is 50.4 Å². The van der Waals surface area contributed by atoms with Crippen molar-refractivity contribution in [1.82, 2.24) is 9.88 Å². The summed E-state index contributed by atoms with van der Waals surface area (Å²) in [5.74, 6) is -2.45. The van der Waals surface area contributed by atoms with Crippen molar-refractivity contribution in [2.24, 2.45) is 5.92 Å². The maximum Gasteiger partial charge on any atom is 0.397 e. The first-order valence-corrected chi connectivity index (χ1v) is 10.3. The fourth-order valence-corrected chi connectivity index (χ4v) is 5.28. The van der Waals surface area contributed by atoms with Crippen LogP contribution in [0.2, 0.25) is 0 Å². The van der Waals surface area contributed by atoms with Crippen LogP contribution in [0.15, 0.2) is 21.1 Å². The number of hydrogen-bond donors (Lipinski definition) is 2. The van der Waals surface area contributed by atoms with Gasteiger partial charge in [-0.3, -0.25) is 19.5 Å². The van der Waals surface area contributed by atoms with E-state index in [1.54, 1.807) is 0 Å². The van der Waals surface area contributed by atoms with Gasteiger partial charge in [0, 0.05) is 11.3 Å². The molecule has 12 nitrogen and oxygen atoms in total. The van der Waals surface area contributed by atoms with E-state index in [9.17, 15) is 33.2 Å². The maximum absolute atomic E-state index is 12.3. The lowest BCUT2D eigenvalue weighted by Gasteiger charge is -2.43. The summed E-state index contributed by atoms with van der Waals surface area (Å²) in [6.45, 7) is -0.414. The molecule has 2 atom stereocenters. The summed E-state index contributed by atoms with van der Waals surface area (Å²) < 4.78 is 34.2. The Morgan fingerprint density at radius 1 is 1.56 bits per heavy atom. The molecule has 2 aliphatic rings. The molecule has 0 bridgehead atoms. The van der Waals surface area contributed by atoms with E-state index in [0.717, 1.165) is 34.2 Å². The Bertz CT molecular complexity index is 954. The summed E-state index contributed by atoms with van der Waals surface area (Å²) in [6, 6.07) is -0.481. The van der Waals surface area contributed by atoms with Crippen LogP contribution in [0.3, 0.4) is 0 Å². The number of fused-ring (bicyclic) bond motifs is 1. The molecule has 1 fully saturated rings. The lowest BCUT2D eigenvalue weighted by atomic mass is 9.85. The number of thioether (sulfide) groups is 1. The zero-order chi connectivity index (χ0) is 19.9. The first kappa shape index (κ1) is 19.7. The van der Waals surface area contributed by atoms with Crippen molar-refractivity contribution in [3.63, 3.8) is 0 Å². The van der Waals surface area contributed by atoms with Crippen molar-refractivity contribution in [1.29, 1.82) is 0 Å². The Morgan fingerprint density at radius 2 is 2.26 bits per heavy atom. The number of carboxylic acids is 1. The zero-order valence-electron chi connectivity index (χ0n) is 13.2. The van der Waals surface area contributed by atoms with E-state index in [4.69, 9.17) is 4.55 Å². The number of thiazole rings is 1. The number of rotatable bonds is 8. The van der Waals surface area contributed by atoms with Crippen LogP contribution in [-0.2, 0) is 24.2 Å². The van der Waals surface area contributed by atoms with Crippen LogP contribution < -0.4 is 0 Å². The highest BCUT2D eigenvalue weighted by Gasteiger charge is 2.55. The molecule has 0 spiro atoms. The number of carboxylic acid groups (broad SMARTS) is 1. The summed E-state index contributed by atoms with van der Waals surface area (Å²) in [7, 11) is -4.62. The minimum absolute atomic E-state index is 0.00659. The molecule has 0 unspecified atom stereocenters. The van der Waals surface area contributed by atoms with Gasteiger partial charge in [-0.15, -0.1) is 0 Å². The molecule has 1 aromatic heterocycles. The molecule has 0 saturated carbocycles. The normalized spacial score (nSPS) is 22.0. The summed E-state index contributed by atoms with van der Waals surface area (Å²) in [5.41, 5.74) is -0.209. The molecule has 0 aliphatic carbocycles. The number of nitro groups is 1. The van der Waals surface area contributed by atoms with Crippen LogP contribution in [0.1, 0.15) is 12.8 Å². The standard InChI is InChI=1S/C12H11N3O9S3/c16-10-5(1-2-24-27(21,22)23)6-3-7(9(11(17)18)14(6)10)25-12-13-4-8(26-12)15(19)20/h4-6H,1-3H2,(H,17,18)(H,21,22,23)/t5-,6-/m1/s1. The first-order chi connectivity index (χ1) is 12.6. The molecular formula is C12H11N3O9S3. The average molecular weight is 437 g/mol. The quantitative estimate of drug-likeness (QED) is 0.255. The van der Waals surface area contributed by atoms with Crippen molar-refractivity contribution in [2.75, 3.05) is 6.61 Å². The van der Waals surface area contributed by atoms with Gasteiger partial charge in [-0.05, 0) is 17.8 Å². The molecule has 0 radical (unpaired) electrons. The number of hydrogen-bond acceptors (Lipinski definition) is 10. The van der Waals surface area contributed by atoms with Gasteiger partial charge in [0.2, 0.25) is 5.91 Å². The Hall–Kier alpha value is -2.07. The number of carbonyl (C=O) groups excluding carboxylic acids is 1. The number of nitrogens with zero attached hydrogens (tertiary/aromatic N) is 3. The summed E-state index contributed by atoms with van der Waals surface area (Å²) >= 11 is 1.74. The fourth-order valence-electron chi connectivity index (χ4n) is 2.93. The van der Waals surface area contributed by atoms with Gasteiger partial charge in [0.05, 0.1) is 23.5 Å². The molecule has 0 aromatic carbocycles. The SMILES string of the molecule is O=C(O)C1=C(Sc2ncc([N+](=O)[O-])s2)C[C@@H]2[C@@H](CCOS(=O)(=O)O)C(=O)N12. The minimum Gasteiger partial charge on any atom is -0.477 e. The maximum atomic E-state index is 12.3. The van der Waals surface area contributed by atoms with Crippen molar-refractivity contribution in [3.8, 4) is 0 Å². The van der Waals surface area contributed by atoms with Crippen LogP contribution in [-0.4, -0.2) is 57.4 Å². The molecule has 1 saturated heterocycles. The van der Waals surface area contributed by atoms with Gasteiger partial charge < -0.3 is 10.0 Å². The minimum atomic E-state index is -4.62. The molecule has 2 N–H and O–H groups in total. The summed E-state index contributed by atoms with van der Waals surface area (Å²) in [5, 5.41) is 20.0. The highest BCUT2D eigenvalue weighted by atomic mass is 32.3. The predicted molar refractivity (Wildman–Crippen MR) is 90.1 cm³/mol. The van der Waals surface area contributed by atoms with E-state index in [1.807, 2.05) is 0 Å². The molecule has 2 aliphatic heterocycles. The average Bonchev–Trinajstić information content (AvgIpc) is 3.14. The molecule has 3 rings (SSSR count). The van der Waals surface area contributed by atoms with E-state index >= 15 is 0 Å². The second-order valence-electron chi connectivity index (χ2n) is 5.53. The Balaban J connectivity index is 1.73. The molecule has 1 amide bonds. The monoisotopic (exact) mass is 437 g/mol. The molecule has 3 heterocycles. The lowest BCUT2D eigenvalue weighted by molar-refractivity contribution is -0.380. The fraction of sp³-hybridized carbons (Fsp3) is 0.417. The topological polar surface area (TPSA) is 177 Å². The second-order valence-corrected chi connectivity index (χ2v) is 8.97. The van der Waals surface area contributed by atoms with E-state index in [1.165, 1.54) is 0 Å². The third kappa shape index (κ3) is 3.96. The van der Waals surface area contributed by atoms with Crippen molar-refractivity contribution in [3.05, 3.63) is 26.9 Å². The number of carbonyl (C=O) groups is 2. The number of amides is 1. The van der Waals surface area contributed by atoms with Gasteiger partial charge in [0.15, 0.2) is 4.34 Å². The van der Waals surface area contributed by atoms with Gasteiger partial charge >= 0.3 is 21.4 Å². The van der Waals surface area contributed by atoms with Gasteiger partial charge in [-0.1, -0.05) is 11.8 Å². The van der Waals surface area contributed by atoms with Gasteiger partial charge in [-0.25, -0.2) is 14.0 Å². The number of β-lactam (4-membered cyclic amide) rings is 1. The predicted octanol–water partition coefficient (Wildman–Crippen LogP) is 0.880. The van der Waals surface area contributed by atoms with E-state index in [0.29, 0.717) is 4.91 Å². The Labute approximate surface area is 159 Å².